The summed E-state index contributed by atoms with van der Waals surface area (Å²) in [4.78, 5) is 0. The van der Waals surface area contributed by atoms with E-state index in [1.54, 1.807) is 12.1 Å². The molecule has 0 amide bonds. The summed E-state index contributed by atoms with van der Waals surface area (Å²) in [6.07, 6.45) is 4.54. The quantitative estimate of drug-likeness (QED) is 0.774. The van der Waals surface area contributed by atoms with Crippen molar-refractivity contribution in [3.63, 3.8) is 0 Å². The average molecular weight is 268 g/mol. The van der Waals surface area contributed by atoms with E-state index in [0.717, 1.165) is 19.3 Å². The van der Waals surface area contributed by atoms with Crippen LogP contribution in [0, 0.1) is 0 Å². The van der Waals surface area contributed by atoms with Crippen molar-refractivity contribution in [2.45, 2.75) is 45.4 Å². The molecule has 20 heavy (non-hydrogen) atoms. The SMILES string of the molecule is CCCc1ccc(CC(CC)c2ccc(O)cc2)cc1. The molecule has 0 aromatic heterocycles. The number of hydrogen-bond acceptors (Lipinski definition) is 1. The molecular formula is C19H24O. The van der Waals surface area contributed by atoms with E-state index in [9.17, 15) is 5.11 Å². The highest BCUT2D eigenvalue weighted by atomic mass is 16.3. The van der Waals surface area contributed by atoms with Gasteiger partial charge < -0.3 is 5.11 Å². The normalized spacial score (nSPS) is 12.3. The van der Waals surface area contributed by atoms with Gasteiger partial charge in [0, 0.05) is 0 Å². The van der Waals surface area contributed by atoms with Gasteiger partial charge >= 0.3 is 0 Å². The maximum absolute atomic E-state index is 9.38. The Labute approximate surface area is 122 Å². The summed E-state index contributed by atoms with van der Waals surface area (Å²) in [5.41, 5.74) is 4.13. The fourth-order valence-electron chi connectivity index (χ4n) is 2.66. The number of benzene rings is 2. The highest BCUT2D eigenvalue weighted by molar-refractivity contribution is 5.30. The predicted octanol–water partition coefficient (Wildman–Crippen LogP) is 5.08. The molecule has 2 rings (SSSR count). The van der Waals surface area contributed by atoms with Crippen LogP contribution >= 0.6 is 0 Å². The maximum Gasteiger partial charge on any atom is 0.115 e. The minimum absolute atomic E-state index is 0.340. The Bertz CT molecular complexity index is 510. The molecule has 1 N–H and O–H groups in total. The van der Waals surface area contributed by atoms with Crippen molar-refractivity contribution in [3.05, 3.63) is 65.2 Å². The fraction of sp³-hybridized carbons (Fsp3) is 0.368. The molecule has 2 aromatic carbocycles. The number of aromatic hydroxyl groups is 1. The van der Waals surface area contributed by atoms with Gasteiger partial charge in [-0.1, -0.05) is 56.7 Å². The third-order valence-corrected chi connectivity index (χ3v) is 3.90. The third-order valence-electron chi connectivity index (χ3n) is 3.90. The first kappa shape index (κ1) is 14.6. The van der Waals surface area contributed by atoms with Gasteiger partial charge in [0.1, 0.15) is 5.75 Å². The molecule has 106 valence electrons. The molecule has 0 fully saturated rings. The second-order valence-electron chi connectivity index (χ2n) is 5.47. The van der Waals surface area contributed by atoms with Crippen LogP contribution in [0.4, 0.5) is 0 Å². The molecule has 1 atom stereocenters. The topological polar surface area (TPSA) is 20.2 Å². The van der Waals surface area contributed by atoms with Gasteiger partial charge in [-0.25, -0.2) is 0 Å². The molecule has 0 bridgehead atoms. The Morgan fingerprint density at radius 1 is 0.850 bits per heavy atom. The summed E-state index contributed by atoms with van der Waals surface area (Å²) in [6, 6.07) is 16.7. The van der Waals surface area contributed by atoms with Crippen molar-refractivity contribution in [3.8, 4) is 5.75 Å². The van der Waals surface area contributed by atoms with Gasteiger partial charge in [0.25, 0.3) is 0 Å². The third kappa shape index (κ3) is 3.86. The smallest absolute Gasteiger partial charge is 0.115 e. The van der Waals surface area contributed by atoms with Crippen molar-refractivity contribution >= 4 is 0 Å². The summed E-state index contributed by atoms with van der Waals surface area (Å²) in [7, 11) is 0. The zero-order valence-corrected chi connectivity index (χ0v) is 12.5. The number of phenols is 1. The van der Waals surface area contributed by atoms with Crippen LogP contribution < -0.4 is 0 Å². The van der Waals surface area contributed by atoms with Gasteiger partial charge in [-0.05, 0) is 54.0 Å². The Morgan fingerprint density at radius 2 is 1.45 bits per heavy atom. The van der Waals surface area contributed by atoms with Crippen molar-refractivity contribution in [2.24, 2.45) is 0 Å². The number of hydrogen-bond donors (Lipinski definition) is 1. The lowest BCUT2D eigenvalue weighted by Crippen LogP contribution is -2.01. The molecular weight excluding hydrogens is 244 g/mol. The van der Waals surface area contributed by atoms with Crippen LogP contribution in [0.1, 0.15) is 49.3 Å². The Balaban J connectivity index is 2.07. The van der Waals surface area contributed by atoms with E-state index in [0.29, 0.717) is 11.7 Å². The minimum atomic E-state index is 0.340. The van der Waals surface area contributed by atoms with Gasteiger partial charge in [-0.3, -0.25) is 0 Å². The molecule has 1 unspecified atom stereocenters. The van der Waals surface area contributed by atoms with Crippen LogP contribution in [0.3, 0.4) is 0 Å². The standard InChI is InChI=1S/C19H24O/c1-3-5-15-6-8-16(9-7-15)14-17(4-2)18-10-12-19(20)13-11-18/h6-13,17,20H,3-5,14H2,1-2H3. The first-order valence-electron chi connectivity index (χ1n) is 7.59. The molecule has 0 saturated carbocycles. The van der Waals surface area contributed by atoms with E-state index in [2.05, 4.69) is 38.1 Å². The van der Waals surface area contributed by atoms with E-state index in [4.69, 9.17) is 0 Å². The van der Waals surface area contributed by atoms with Crippen molar-refractivity contribution in [1.82, 2.24) is 0 Å². The van der Waals surface area contributed by atoms with Gasteiger partial charge in [0.2, 0.25) is 0 Å². The highest BCUT2D eigenvalue weighted by Gasteiger charge is 2.10. The van der Waals surface area contributed by atoms with Crippen LogP contribution in [0.15, 0.2) is 48.5 Å². The highest BCUT2D eigenvalue weighted by Crippen LogP contribution is 2.26. The molecule has 0 saturated heterocycles. The second kappa shape index (κ2) is 7.14. The van der Waals surface area contributed by atoms with Gasteiger partial charge in [-0.15, -0.1) is 0 Å². The zero-order chi connectivity index (χ0) is 14.4. The molecule has 0 aliphatic rings. The summed E-state index contributed by atoms with van der Waals surface area (Å²) in [5.74, 6) is 0.861. The van der Waals surface area contributed by atoms with E-state index >= 15 is 0 Å². The largest absolute Gasteiger partial charge is 0.508 e. The summed E-state index contributed by atoms with van der Waals surface area (Å²) in [5, 5.41) is 9.38. The number of rotatable bonds is 6. The van der Waals surface area contributed by atoms with Crippen molar-refractivity contribution in [2.75, 3.05) is 0 Å². The Kier molecular flexibility index (Phi) is 5.23. The van der Waals surface area contributed by atoms with Gasteiger partial charge in [0.15, 0.2) is 0 Å². The van der Waals surface area contributed by atoms with Crippen LogP contribution in [0.2, 0.25) is 0 Å². The van der Waals surface area contributed by atoms with Gasteiger partial charge in [-0.2, -0.15) is 0 Å². The molecule has 0 radical (unpaired) electrons. The van der Waals surface area contributed by atoms with Crippen molar-refractivity contribution < 1.29 is 5.11 Å². The average Bonchev–Trinajstić information content (AvgIpc) is 2.48. The van der Waals surface area contributed by atoms with E-state index < -0.39 is 0 Å². The van der Waals surface area contributed by atoms with Crippen LogP contribution in [-0.4, -0.2) is 5.11 Å². The molecule has 0 spiro atoms. The molecule has 1 nitrogen and oxygen atoms in total. The first-order valence-corrected chi connectivity index (χ1v) is 7.59. The second-order valence-corrected chi connectivity index (χ2v) is 5.47. The van der Waals surface area contributed by atoms with E-state index in [-0.39, 0.29) is 0 Å². The lowest BCUT2D eigenvalue weighted by atomic mass is 9.89. The summed E-state index contributed by atoms with van der Waals surface area (Å²) < 4.78 is 0. The summed E-state index contributed by atoms with van der Waals surface area (Å²) >= 11 is 0. The lowest BCUT2D eigenvalue weighted by molar-refractivity contribution is 0.474. The molecule has 0 aliphatic heterocycles. The van der Waals surface area contributed by atoms with Gasteiger partial charge in [0.05, 0.1) is 0 Å². The van der Waals surface area contributed by atoms with Crippen LogP contribution in [-0.2, 0) is 12.8 Å². The van der Waals surface area contributed by atoms with Crippen molar-refractivity contribution in [1.29, 1.82) is 0 Å². The minimum Gasteiger partial charge on any atom is -0.508 e. The Hall–Kier alpha value is -1.76. The maximum atomic E-state index is 9.38. The monoisotopic (exact) mass is 268 g/mol. The first-order chi connectivity index (χ1) is 9.72. The molecule has 2 aromatic rings. The molecule has 0 aliphatic carbocycles. The van der Waals surface area contributed by atoms with Crippen LogP contribution in [0.25, 0.3) is 0 Å². The fourth-order valence-corrected chi connectivity index (χ4v) is 2.66. The summed E-state index contributed by atoms with van der Waals surface area (Å²) in [6.45, 7) is 4.44. The number of aryl methyl sites for hydroxylation is 1. The molecule has 1 heteroatoms. The van der Waals surface area contributed by atoms with E-state index in [1.165, 1.54) is 23.1 Å². The molecule has 0 heterocycles. The van der Waals surface area contributed by atoms with E-state index in [1.807, 2.05) is 12.1 Å². The Morgan fingerprint density at radius 3 is 2.00 bits per heavy atom. The van der Waals surface area contributed by atoms with Crippen LogP contribution in [0.5, 0.6) is 5.75 Å². The predicted molar refractivity (Wildman–Crippen MR) is 85.3 cm³/mol. The number of phenolic OH excluding ortho intramolecular Hbond substituents is 1. The lowest BCUT2D eigenvalue weighted by Gasteiger charge is -2.16. The zero-order valence-electron chi connectivity index (χ0n) is 12.5.